The van der Waals surface area contributed by atoms with E-state index >= 15 is 0 Å². The summed E-state index contributed by atoms with van der Waals surface area (Å²) in [5.74, 6) is -1.75. The maximum absolute atomic E-state index is 12.1. The first-order chi connectivity index (χ1) is 11.2. The molecule has 2 rings (SSSR count). The maximum Gasteiger partial charge on any atom is 0.340 e. The molecular formula is C15H18N2O6S. The molecule has 1 fully saturated rings. The molecule has 130 valence electrons. The summed E-state index contributed by atoms with van der Waals surface area (Å²) in [6.07, 6.45) is 1.45. The Balaban J connectivity index is 2.01. The van der Waals surface area contributed by atoms with E-state index in [-0.39, 0.29) is 16.5 Å². The predicted molar refractivity (Wildman–Crippen MR) is 84.1 cm³/mol. The molecule has 2 N–H and O–H groups in total. The van der Waals surface area contributed by atoms with Gasteiger partial charge >= 0.3 is 12.0 Å². The zero-order chi connectivity index (χ0) is 17.9. The fourth-order valence-electron chi connectivity index (χ4n) is 1.90. The number of ether oxygens (including phenoxy) is 1. The van der Waals surface area contributed by atoms with Crippen molar-refractivity contribution in [3.05, 3.63) is 29.8 Å². The van der Waals surface area contributed by atoms with Crippen LogP contribution in [0.15, 0.2) is 29.2 Å². The van der Waals surface area contributed by atoms with Gasteiger partial charge in [0.25, 0.3) is 5.91 Å². The van der Waals surface area contributed by atoms with Crippen molar-refractivity contribution in [2.24, 2.45) is 0 Å². The van der Waals surface area contributed by atoms with Crippen molar-refractivity contribution in [3.63, 3.8) is 0 Å². The summed E-state index contributed by atoms with van der Waals surface area (Å²) in [5.41, 5.74) is -0.165. The topological polar surface area (TPSA) is 119 Å². The van der Waals surface area contributed by atoms with Gasteiger partial charge in [-0.3, -0.25) is 10.1 Å². The molecule has 8 nitrogen and oxygen atoms in total. The number of amides is 3. The van der Waals surface area contributed by atoms with E-state index in [1.54, 1.807) is 0 Å². The third-order valence-corrected chi connectivity index (χ3v) is 4.46. The number of rotatable bonds is 5. The van der Waals surface area contributed by atoms with Crippen molar-refractivity contribution in [1.29, 1.82) is 0 Å². The Bertz CT molecular complexity index is 770. The van der Waals surface area contributed by atoms with Crippen LogP contribution in [-0.4, -0.2) is 44.7 Å². The van der Waals surface area contributed by atoms with Gasteiger partial charge in [0.15, 0.2) is 15.9 Å². The fourth-order valence-corrected chi connectivity index (χ4v) is 2.78. The predicted octanol–water partition coefficient (Wildman–Crippen LogP) is 0.624. The first kappa shape index (κ1) is 17.9. The summed E-state index contributed by atoms with van der Waals surface area (Å²) in [6, 6.07) is 4.97. The number of nitrogens with one attached hydrogen (secondary N) is 2. The van der Waals surface area contributed by atoms with Crippen molar-refractivity contribution in [2.75, 3.05) is 6.26 Å². The lowest BCUT2D eigenvalue weighted by molar-refractivity contribution is -0.127. The number of benzene rings is 1. The average molecular weight is 354 g/mol. The van der Waals surface area contributed by atoms with Gasteiger partial charge < -0.3 is 10.1 Å². The van der Waals surface area contributed by atoms with Crippen molar-refractivity contribution in [1.82, 2.24) is 10.6 Å². The van der Waals surface area contributed by atoms with E-state index in [9.17, 15) is 22.8 Å². The molecule has 1 aliphatic carbocycles. The summed E-state index contributed by atoms with van der Waals surface area (Å²) in [7, 11) is -3.63. The van der Waals surface area contributed by atoms with Crippen LogP contribution in [0.4, 0.5) is 4.79 Å². The van der Waals surface area contributed by atoms with E-state index in [2.05, 4.69) is 10.6 Å². The third kappa shape index (κ3) is 4.79. The maximum atomic E-state index is 12.1. The van der Waals surface area contributed by atoms with E-state index < -0.39 is 33.8 Å². The quantitative estimate of drug-likeness (QED) is 0.749. The van der Waals surface area contributed by atoms with Gasteiger partial charge in [0.2, 0.25) is 0 Å². The zero-order valence-electron chi connectivity index (χ0n) is 13.2. The number of urea groups is 1. The highest BCUT2D eigenvalue weighted by molar-refractivity contribution is 7.90. The van der Waals surface area contributed by atoms with Gasteiger partial charge in [0.05, 0.1) is 10.5 Å². The molecular weight excluding hydrogens is 336 g/mol. The summed E-state index contributed by atoms with van der Waals surface area (Å²) in [4.78, 5) is 35.3. The molecule has 0 aliphatic heterocycles. The Morgan fingerprint density at radius 2 is 1.83 bits per heavy atom. The lowest BCUT2D eigenvalue weighted by Gasteiger charge is -2.14. The van der Waals surface area contributed by atoms with E-state index in [1.807, 2.05) is 0 Å². The molecule has 1 aromatic rings. The van der Waals surface area contributed by atoms with Gasteiger partial charge in [-0.05, 0) is 31.9 Å². The third-order valence-electron chi connectivity index (χ3n) is 3.31. The molecule has 9 heteroatoms. The molecule has 1 aromatic carbocycles. The fraction of sp³-hybridized carbons (Fsp3) is 0.400. The van der Waals surface area contributed by atoms with E-state index in [4.69, 9.17) is 4.74 Å². The molecule has 1 unspecified atom stereocenters. The molecule has 1 atom stereocenters. The normalized spacial score (nSPS) is 15.2. The largest absolute Gasteiger partial charge is 0.449 e. The molecule has 0 saturated heterocycles. The highest BCUT2D eigenvalue weighted by Gasteiger charge is 2.27. The molecule has 0 radical (unpaired) electrons. The summed E-state index contributed by atoms with van der Waals surface area (Å²) < 4.78 is 28.3. The number of sulfone groups is 1. The minimum absolute atomic E-state index is 0.0808. The second kappa shape index (κ2) is 7.00. The van der Waals surface area contributed by atoms with Crippen LogP contribution in [0.25, 0.3) is 0 Å². The number of esters is 1. The minimum atomic E-state index is -3.63. The standard InChI is InChI=1S/C15H18N2O6S/c1-9(13(18)17-15(20)16-10-7-8-10)23-14(19)11-5-3-4-6-12(11)24(2,21)22/h3-6,9-10H,7-8H2,1-2H3,(H2,16,17,18,20). The van der Waals surface area contributed by atoms with Gasteiger partial charge in [-0.1, -0.05) is 12.1 Å². The lowest BCUT2D eigenvalue weighted by Crippen LogP contribution is -2.45. The van der Waals surface area contributed by atoms with Crippen LogP contribution in [0, 0.1) is 0 Å². The second-order valence-corrected chi connectivity index (χ2v) is 7.54. The average Bonchev–Trinajstić information content (AvgIpc) is 3.29. The Morgan fingerprint density at radius 3 is 2.42 bits per heavy atom. The number of carbonyl (C=O) groups is 3. The molecule has 0 heterocycles. The van der Waals surface area contributed by atoms with Crippen LogP contribution in [-0.2, 0) is 19.4 Å². The number of hydrogen-bond donors (Lipinski definition) is 2. The van der Waals surface area contributed by atoms with Crippen LogP contribution >= 0.6 is 0 Å². The number of hydrogen-bond acceptors (Lipinski definition) is 6. The molecule has 24 heavy (non-hydrogen) atoms. The van der Waals surface area contributed by atoms with Crippen LogP contribution < -0.4 is 10.6 Å². The van der Waals surface area contributed by atoms with Crippen molar-refractivity contribution < 1.29 is 27.5 Å². The molecule has 0 aromatic heterocycles. The Hall–Kier alpha value is -2.42. The Morgan fingerprint density at radius 1 is 1.21 bits per heavy atom. The number of carbonyl (C=O) groups excluding carboxylic acids is 3. The smallest absolute Gasteiger partial charge is 0.340 e. The van der Waals surface area contributed by atoms with Crippen molar-refractivity contribution in [2.45, 2.75) is 36.8 Å². The van der Waals surface area contributed by atoms with Crippen LogP contribution in [0.3, 0.4) is 0 Å². The summed E-state index contributed by atoms with van der Waals surface area (Å²) in [5, 5.41) is 4.63. The monoisotopic (exact) mass is 354 g/mol. The van der Waals surface area contributed by atoms with Crippen molar-refractivity contribution >= 4 is 27.7 Å². The number of imide groups is 1. The SMILES string of the molecule is CC(OC(=O)c1ccccc1S(C)(=O)=O)C(=O)NC(=O)NC1CC1. The first-order valence-corrected chi connectivity index (χ1v) is 9.19. The van der Waals surface area contributed by atoms with E-state index in [0.29, 0.717) is 0 Å². The van der Waals surface area contributed by atoms with E-state index in [1.165, 1.54) is 31.2 Å². The molecule has 1 saturated carbocycles. The van der Waals surface area contributed by atoms with Gasteiger partial charge in [-0.25, -0.2) is 18.0 Å². The first-order valence-electron chi connectivity index (χ1n) is 7.30. The van der Waals surface area contributed by atoms with Crippen molar-refractivity contribution in [3.8, 4) is 0 Å². The Kier molecular flexibility index (Phi) is 5.23. The molecule has 0 bridgehead atoms. The van der Waals surface area contributed by atoms with E-state index in [0.717, 1.165) is 19.1 Å². The van der Waals surface area contributed by atoms with Gasteiger partial charge in [0, 0.05) is 12.3 Å². The molecule has 3 amide bonds. The highest BCUT2D eigenvalue weighted by Crippen LogP contribution is 2.18. The molecule has 1 aliphatic rings. The van der Waals surface area contributed by atoms with Gasteiger partial charge in [-0.15, -0.1) is 0 Å². The lowest BCUT2D eigenvalue weighted by atomic mass is 10.2. The van der Waals surface area contributed by atoms with Gasteiger partial charge in [0.1, 0.15) is 0 Å². The van der Waals surface area contributed by atoms with Gasteiger partial charge in [-0.2, -0.15) is 0 Å². The second-order valence-electron chi connectivity index (χ2n) is 5.55. The molecule has 0 spiro atoms. The van der Waals surface area contributed by atoms with Crippen LogP contribution in [0.1, 0.15) is 30.1 Å². The minimum Gasteiger partial charge on any atom is -0.449 e. The highest BCUT2D eigenvalue weighted by atomic mass is 32.2. The van der Waals surface area contributed by atoms with Crippen LogP contribution in [0.2, 0.25) is 0 Å². The van der Waals surface area contributed by atoms with Crippen LogP contribution in [0.5, 0.6) is 0 Å². The summed E-state index contributed by atoms with van der Waals surface area (Å²) >= 11 is 0. The zero-order valence-corrected chi connectivity index (χ0v) is 14.1. The Labute approximate surface area is 139 Å². The summed E-state index contributed by atoms with van der Waals surface area (Å²) in [6.45, 7) is 1.29.